The maximum absolute atomic E-state index is 11.7. The number of hydrogen-bond donors (Lipinski definition) is 2. The minimum atomic E-state index is -0.353. The Morgan fingerprint density at radius 1 is 1.50 bits per heavy atom. The molecule has 0 bridgehead atoms. The molecule has 0 spiro atoms. The number of nitrogens with one attached hydrogen (secondary N) is 2. The van der Waals surface area contributed by atoms with Crippen molar-refractivity contribution in [3.63, 3.8) is 0 Å². The molecule has 20 heavy (non-hydrogen) atoms. The van der Waals surface area contributed by atoms with Crippen LogP contribution >= 0.6 is 0 Å². The van der Waals surface area contributed by atoms with Crippen molar-refractivity contribution in [2.24, 2.45) is 0 Å². The zero-order valence-corrected chi connectivity index (χ0v) is 11.5. The van der Waals surface area contributed by atoms with E-state index in [0.717, 1.165) is 25.8 Å². The molecule has 1 heterocycles. The summed E-state index contributed by atoms with van der Waals surface area (Å²) < 4.78 is 0. The summed E-state index contributed by atoms with van der Waals surface area (Å²) in [5, 5.41) is 14.7. The zero-order chi connectivity index (χ0) is 14.4. The molecule has 2 aliphatic rings. The van der Waals surface area contributed by atoms with Crippen LogP contribution in [0.1, 0.15) is 32.1 Å². The molecule has 2 rings (SSSR count). The van der Waals surface area contributed by atoms with E-state index in [1.807, 2.05) is 11.0 Å². The van der Waals surface area contributed by atoms with Gasteiger partial charge in [0, 0.05) is 38.3 Å². The molecule has 2 fully saturated rings. The third-order valence-electron chi connectivity index (χ3n) is 3.47. The van der Waals surface area contributed by atoms with Gasteiger partial charge in [-0.1, -0.05) is 0 Å². The van der Waals surface area contributed by atoms with Crippen molar-refractivity contribution < 1.29 is 9.59 Å². The van der Waals surface area contributed by atoms with Gasteiger partial charge in [-0.15, -0.1) is 0 Å². The first-order valence-electron chi connectivity index (χ1n) is 7.13. The molecule has 2 amide bonds. The van der Waals surface area contributed by atoms with Crippen molar-refractivity contribution in [2.45, 2.75) is 38.1 Å². The lowest BCUT2D eigenvalue weighted by Crippen LogP contribution is -2.31. The van der Waals surface area contributed by atoms with Crippen LogP contribution in [0.3, 0.4) is 0 Å². The molecule has 6 heteroatoms. The van der Waals surface area contributed by atoms with E-state index in [9.17, 15) is 9.59 Å². The van der Waals surface area contributed by atoms with E-state index in [1.54, 1.807) is 0 Å². The lowest BCUT2D eigenvalue weighted by atomic mass is 10.3. The van der Waals surface area contributed by atoms with Crippen molar-refractivity contribution in [3.8, 4) is 6.07 Å². The molecule has 0 radical (unpaired) electrons. The van der Waals surface area contributed by atoms with Gasteiger partial charge in [-0.3, -0.25) is 9.59 Å². The zero-order valence-electron chi connectivity index (χ0n) is 11.5. The number of carbonyl (C=O) groups excluding carboxylic acids is 2. The summed E-state index contributed by atoms with van der Waals surface area (Å²) in [6, 6.07) is 2.32. The second kappa shape index (κ2) is 6.94. The molecule has 1 saturated carbocycles. The monoisotopic (exact) mass is 276 g/mol. The largest absolute Gasteiger partial charge is 0.387 e. The third kappa shape index (κ3) is 4.26. The average molecular weight is 276 g/mol. The van der Waals surface area contributed by atoms with Gasteiger partial charge in [0.2, 0.25) is 5.91 Å². The highest BCUT2D eigenvalue weighted by Gasteiger charge is 2.21. The van der Waals surface area contributed by atoms with Gasteiger partial charge in [-0.05, 0) is 25.7 Å². The summed E-state index contributed by atoms with van der Waals surface area (Å²) in [7, 11) is 0. The summed E-state index contributed by atoms with van der Waals surface area (Å²) in [4.78, 5) is 25.0. The smallest absolute Gasteiger partial charge is 0.263 e. The van der Waals surface area contributed by atoms with E-state index >= 15 is 0 Å². The van der Waals surface area contributed by atoms with Crippen molar-refractivity contribution in [1.29, 1.82) is 5.26 Å². The first-order valence-corrected chi connectivity index (χ1v) is 7.13. The van der Waals surface area contributed by atoms with Crippen LogP contribution in [-0.2, 0) is 9.59 Å². The first-order chi connectivity index (χ1) is 9.70. The van der Waals surface area contributed by atoms with Crippen LogP contribution in [0.4, 0.5) is 0 Å². The molecule has 1 aliphatic heterocycles. The van der Waals surface area contributed by atoms with Crippen molar-refractivity contribution >= 4 is 11.8 Å². The number of likely N-dealkylation sites (tertiary alicyclic amines) is 1. The number of nitriles is 1. The lowest BCUT2D eigenvalue weighted by molar-refractivity contribution is -0.127. The summed E-state index contributed by atoms with van der Waals surface area (Å²) in [6.07, 6.45) is 5.98. The van der Waals surface area contributed by atoms with Crippen molar-refractivity contribution in [2.75, 3.05) is 19.6 Å². The fraction of sp³-hybridized carbons (Fsp3) is 0.643. The number of hydrogen-bond acceptors (Lipinski definition) is 4. The van der Waals surface area contributed by atoms with Crippen LogP contribution in [0.5, 0.6) is 0 Å². The predicted molar refractivity (Wildman–Crippen MR) is 73.3 cm³/mol. The van der Waals surface area contributed by atoms with Crippen LogP contribution in [0.25, 0.3) is 0 Å². The third-order valence-corrected chi connectivity index (χ3v) is 3.47. The highest BCUT2D eigenvalue weighted by molar-refractivity contribution is 5.97. The van der Waals surface area contributed by atoms with Crippen LogP contribution in [0.15, 0.2) is 11.8 Å². The number of amides is 2. The van der Waals surface area contributed by atoms with Gasteiger partial charge in [-0.25, -0.2) is 0 Å². The molecular formula is C14H20N4O2. The second-order valence-corrected chi connectivity index (χ2v) is 5.20. The van der Waals surface area contributed by atoms with Crippen LogP contribution < -0.4 is 10.6 Å². The topological polar surface area (TPSA) is 85.2 Å². The Balaban J connectivity index is 1.64. The Kier molecular flexibility index (Phi) is 4.99. The fourth-order valence-electron chi connectivity index (χ4n) is 2.11. The predicted octanol–water partition coefficient (Wildman–Crippen LogP) is 0.275. The Morgan fingerprint density at radius 3 is 2.90 bits per heavy atom. The number of rotatable bonds is 7. The summed E-state index contributed by atoms with van der Waals surface area (Å²) in [5.41, 5.74) is 0.106. The Labute approximate surface area is 118 Å². The van der Waals surface area contributed by atoms with Crippen molar-refractivity contribution in [3.05, 3.63) is 11.8 Å². The molecule has 1 aliphatic carbocycles. The fourth-order valence-corrected chi connectivity index (χ4v) is 2.11. The molecule has 108 valence electrons. The van der Waals surface area contributed by atoms with Gasteiger partial charge in [0.25, 0.3) is 5.91 Å². The maximum atomic E-state index is 11.7. The van der Waals surface area contributed by atoms with E-state index in [-0.39, 0.29) is 17.4 Å². The van der Waals surface area contributed by atoms with Gasteiger partial charge in [-0.2, -0.15) is 5.26 Å². The lowest BCUT2D eigenvalue weighted by Gasteiger charge is -2.15. The number of carbonyl (C=O) groups is 2. The van der Waals surface area contributed by atoms with E-state index in [4.69, 9.17) is 5.26 Å². The van der Waals surface area contributed by atoms with Gasteiger partial charge in [0.05, 0.1) is 0 Å². The Morgan fingerprint density at radius 2 is 2.30 bits per heavy atom. The molecule has 0 aromatic carbocycles. The van der Waals surface area contributed by atoms with Gasteiger partial charge in [0.1, 0.15) is 11.6 Å². The van der Waals surface area contributed by atoms with E-state index in [1.165, 1.54) is 6.20 Å². The normalized spacial score (nSPS) is 18.9. The van der Waals surface area contributed by atoms with Crippen LogP contribution in [0.2, 0.25) is 0 Å². The molecule has 2 N–H and O–H groups in total. The van der Waals surface area contributed by atoms with E-state index in [2.05, 4.69) is 10.6 Å². The Bertz CT molecular complexity index is 449. The molecule has 0 unspecified atom stereocenters. The minimum Gasteiger partial charge on any atom is -0.387 e. The highest BCUT2D eigenvalue weighted by Crippen LogP contribution is 2.18. The van der Waals surface area contributed by atoms with Gasteiger partial charge >= 0.3 is 0 Å². The van der Waals surface area contributed by atoms with Crippen LogP contribution in [0, 0.1) is 11.3 Å². The SMILES string of the molecule is N#C/C(=C/NC1CC1)C(=O)NCCCN1CCCC1=O. The van der Waals surface area contributed by atoms with Crippen LogP contribution in [-0.4, -0.2) is 42.4 Å². The molecule has 0 aromatic rings. The summed E-state index contributed by atoms with van der Waals surface area (Å²) in [5.74, 6) is -0.157. The second-order valence-electron chi connectivity index (χ2n) is 5.20. The highest BCUT2D eigenvalue weighted by atomic mass is 16.2. The maximum Gasteiger partial charge on any atom is 0.263 e. The summed E-state index contributed by atoms with van der Waals surface area (Å²) in [6.45, 7) is 1.97. The average Bonchev–Trinajstić information content (AvgIpc) is 3.18. The number of nitrogens with zero attached hydrogens (tertiary/aromatic N) is 2. The molecule has 0 aromatic heterocycles. The minimum absolute atomic E-state index is 0.106. The standard InChI is InChI=1S/C14H20N4O2/c15-9-11(10-17-12-4-5-12)14(20)16-6-2-8-18-7-1-3-13(18)19/h10,12,17H,1-8H2,(H,16,20)/b11-10-. The van der Waals surface area contributed by atoms with Crippen molar-refractivity contribution in [1.82, 2.24) is 15.5 Å². The molecule has 6 nitrogen and oxygen atoms in total. The Hall–Kier alpha value is -2.03. The quantitative estimate of drug-likeness (QED) is 0.397. The summed E-state index contributed by atoms with van der Waals surface area (Å²) >= 11 is 0. The molecule has 1 saturated heterocycles. The van der Waals surface area contributed by atoms with Gasteiger partial charge in [0.15, 0.2) is 0 Å². The van der Waals surface area contributed by atoms with E-state index < -0.39 is 0 Å². The van der Waals surface area contributed by atoms with Gasteiger partial charge < -0.3 is 15.5 Å². The molecule has 0 atom stereocenters. The first kappa shape index (κ1) is 14.4. The van der Waals surface area contributed by atoms with E-state index in [0.29, 0.717) is 32.0 Å². The molecular weight excluding hydrogens is 256 g/mol.